The molecule has 1 fully saturated rings. The van der Waals surface area contributed by atoms with Crippen molar-refractivity contribution in [3.63, 3.8) is 0 Å². The maximum Gasteiger partial charge on any atom is 0.257 e. The highest BCUT2D eigenvalue weighted by molar-refractivity contribution is 5.94. The van der Waals surface area contributed by atoms with Gasteiger partial charge in [0.1, 0.15) is 5.82 Å². The Labute approximate surface area is 117 Å². The van der Waals surface area contributed by atoms with E-state index in [2.05, 4.69) is 4.98 Å². The number of benzene rings is 1. The molecule has 0 N–H and O–H groups in total. The minimum absolute atomic E-state index is 0.0186. The normalized spacial score (nSPS) is 18.2. The number of hydrogen-bond acceptors (Lipinski definition) is 2. The van der Waals surface area contributed by atoms with Crippen LogP contribution in [0.15, 0.2) is 48.8 Å². The van der Waals surface area contributed by atoms with Crippen molar-refractivity contribution in [2.75, 3.05) is 6.54 Å². The van der Waals surface area contributed by atoms with E-state index in [0.717, 1.165) is 18.4 Å². The molecule has 0 saturated carbocycles. The molecule has 3 nitrogen and oxygen atoms in total. The average Bonchev–Trinajstić information content (AvgIpc) is 2.97. The molecule has 1 aliphatic rings. The van der Waals surface area contributed by atoms with Crippen molar-refractivity contribution >= 4 is 5.91 Å². The maximum absolute atomic E-state index is 13.8. The zero-order valence-electron chi connectivity index (χ0n) is 11.0. The summed E-state index contributed by atoms with van der Waals surface area (Å²) < 4.78 is 13.8. The molecular formula is C16H15FN2O. The van der Waals surface area contributed by atoms with Gasteiger partial charge in [0.15, 0.2) is 0 Å². The van der Waals surface area contributed by atoms with Gasteiger partial charge in [0.25, 0.3) is 5.91 Å². The molecule has 102 valence electrons. The number of nitrogens with zero attached hydrogens (tertiary/aromatic N) is 2. The molecule has 1 amide bonds. The lowest BCUT2D eigenvalue weighted by Crippen LogP contribution is -2.31. The Morgan fingerprint density at radius 2 is 1.95 bits per heavy atom. The highest BCUT2D eigenvalue weighted by Gasteiger charge is 2.31. The SMILES string of the molecule is O=C(c1ccccc1F)N1CCCC1c1ccncc1. The van der Waals surface area contributed by atoms with Crippen LogP contribution in [0, 0.1) is 5.82 Å². The first-order chi connectivity index (χ1) is 9.77. The minimum Gasteiger partial charge on any atom is -0.332 e. The number of pyridine rings is 1. The van der Waals surface area contributed by atoms with Crippen molar-refractivity contribution in [2.45, 2.75) is 18.9 Å². The zero-order valence-corrected chi connectivity index (χ0v) is 11.0. The van der Waals surface area contributed by atoms with Crippen molar-refractivity contribution < 1.29 is 9.18 Å². The minimum atomic E-state index is -0.460. The lowest BCUT2D eigenvalue weighted by Gasteiger charge is -2.25. The Balaban J connectivity index is 1.90. The van der Waals surface area contributed by atoms with E-state index in [1.807, 2.05) is 12.1 Å². The van der Waals surface area contributed by atoms with E-state index in [0.29, 0.717) is 6.54 Å². The molecule has 3 rings (SSSR count). The average molecular weight is 270 g/mol. The molecule has 1 aromatic heterocycles. The standard InChI is InChI=1S/C16H15FN2O/c17-14-5-2-1-4-13(14)16(20)19-11-3-6-15(19)12-7-9-18-10-8-12/h1-2,4-5,7-10,15H,3,6,11H2. The van der Waals surface area contributed by atoms with E-state index in [-0.39, 0.29) is 17.5 Å². The predicted octanol–water partition coefficient (Wildman–Crippen LogP) is 3.20. The Hall–Kier alpha value is -2.23. The van der Waals surface area contributed by atoms with Gasteiger partial charge in [-0.25, -0.2) is 4.39 Å². The number of rotatable bonds is 2. The molecule has 0 aliphatic carbocycles. The third kappa shape index (κ3) is 2.29. The van der Waals surface area contributed by atoms with E-state index in [4.69, 9.17) is 0 Å². The van der Waals surface area contributed by atoms with E-state index in [1.54, 1.807) is 35.5 Å². The van der Waals surface area contributed by atoms with Crippen LogP contribution in [0.2, 0.25) is 0 Å². The van der Waals surface area contributed by atoms with Crippen LogP contribution in [0.25, 0.3) is 0 Å². The van der Waals surface area contributed by atoms with Gasteiger partial charge in [-0.05, 0) is 42.7 Å². The molecule has 0 bridgehead atoms. The van der Waals surface area contributed by atoms with Crippen LogP contribution in [0.3, 0.4) is 0 Å². The quantitative estimate of drug-likeness (QED) is 0.839. The molecule has 0 radical (unpaired) electrons. The molecule has 2 aromatic rings. The number of hydrogen-bond donors (Lipinski definition) is 0. The second-order valence-electron chi connectivity index (χ2n) is 4.92. The first-order valence-corrected chi connectivity index (χ1v) is 6.73. The highest BCUT2D eigenvalue weighted by atomic mass is 19.1. The summed E-state index contributed by atoms with van der Waals surface area (Å²) in [5.41, 5.74) is 1.20. The van der Waals surface area contributed by atoms with Gasteiger partial charge in [-0.15, -0.1) is 0 Å². The van der Waals surface area contributed by atoms with Crippen molar-refractivity contribution in [1.29, 1.82) is 0 Å². The molecule has 20 heavy (non-hydrogen) atoms. The van der Waals surface area contributed by atoms with Gasteiger partial charge < -0.3 is 4.90 Å². The van der Waals surface area contributed by atoms with Crippen LogP contribution in [-0.2, 0) is 0 Å². The number of amides is 1. The fourth-order valence-corrected chi connectivity index (χ4v) is 2.73. The van der Waals surface area contributed by atoms with Crippen LogP contribution in [-0.4, -0.2) is 22.3 Å². The number of halogens is 1. The summed E-state index contributed by atoms with van der Waals surface area (Å²) >= 11 is 0. The number of carbonyl (C=O) groups excluding carboxylic acids is 1. The second-order valence-corrected chi connectivity index (χ2v) is 4.92. The molecule has 4 heteroatoms. The van der Waals surface area contributed by atoms with Crippen molar-refractivity contribution in [3.8, 4) is 0 Å². The van der Waals surface area contributed by atoms with Crippen molar-refractivity contribution in [2.24, 2.45) is 0 Å². The number of carbonyl (C=O) groups is 1. The number of likely N-dealkylation sites (tertiary alicyclic amines) is 1. The van der Waals surface area contributed by atoms with E-state index in [1.165, 1.54) is 6.07 Å². The predicted molar refractivity (Wildman–Crippen MR) is 73.6 cm³/mol. The lowest BCUT2D eigenvalue weighted by atomic mass is 10.1. The molecule has 1 atom stereocenters. The van der Waals surface area contributed by atoms with Crippen LogP contribution in [0.4, 0.5) is 4.39 Å². The fraction of sp³-hybridized carbons (Fsp3) is 0.250. The van der Waals surface area contributed by atoms with Crippen molar-refractivity contribution in [1.82, 2.24) is 9.88 Å². The van der Waals surface area contributed by atoms with Gasteiger partial charge in [-0.3, -0.25) is 9.78 Å². The second kappa shape index (κ2) is 5.41. The van der Waals surface area contributed by atoms with E-state index < -0.39 is 5.82 Å². The third-order valence-electron chi connectivity index (χ3n) is 3.71. The van der Waals surface area contributed by atoms with E-state index in [9.17, 15) is 9.18 Å². The van der Waals surface area contributed by atoms with Gasteiger partial charge in [0.2, 0.25) is 0 Å². The van der Waals surface area contributed by atoms with Gasteiger partial charge in [-0.2, -0.15) is 0 Å². The van der Waals surface area contributed by atoms with Gasteiger partial charge in [0, 0.05) is 18.9 Å². The molecule has 2 heterocycles. The van der Waals surface area contributed by atoms with Gasteiger partial charge >= 0.3 is 0 Å². The lowest BCUT2D eigenvalue weighted by molar-refractivity contribution is 0.0731. The first-order valence-electron chi connectivity index (χ1n) is 6.73. The zero-order chi connectivity index (χ0) is 13.9. The highest BCUT2D eigenvalue weighted by Crippen LogP contribution is 2.33. The Morgan fingerprint density at radius 1 is 1.20 bits per heavy atom. The first kappa shape index (κ1) is 12.8. The van der Waals surface area contributed by atoms with Crippen LogP contribution >= 0.6 is 0 Å². The summed E-state index contributed by atoms with van der Waals surface area (Å²) in [6, 6.07) is 9.99. The molecule has 1 unspecified atom stereocenters. The monoisotopic (exact) mass is 270 g/mol. The van der Waals surface area contributed by atoms with Gasteiger partial charge in [0.05, 0.1) is 11.6 Å². The Morgan fingerprint density at radius 3 is 2.70 bits per heavy atom. The Bertz CT molecular complexity index is 615. The Kier molecular flexibility index (Phi) is 3.46. The molecule has 1 saturated heterocycles. The number of aromatic nitrogens is 1. The smallest absolute Gasteiger partial charge is 0.257 e. The van der Waals surface area contributed by atoms with Crippen LogP contribution in [0.1, 0.15) is 34.8 Å². The molecule has 0 spiro atoms. The molecule has 1 aromatic carbocycles. The molecular weight excluding hydrogens is 255 g/mol. The summed E-state index contributed by atoms with van der Waals surface area (Å²) in [6.07, 6.45) is 5.29. The van der Waals surface area contributed by atoms with Crippen LogP contribution in [0.5, 0.6) is 0 Å². The largest absolute Gasteiger partial charge is 0.332 e. The summed E-state index contributed by atoms with van der Waals surface area (Å²) in [6.45, 7) is 0.667. The topological polar surface area (TPSA) is 33.2 Å². The van der Waals surface area contributed by atoms with Crippen molar-refractivity contribution in [3.05, 3.63) is 65.7 Å². The summed E-state index contributed by atoms with van der Waals surface area (Å²) in [5, 5.41) is 0. The molecule has 1 aliphatic heterocycles. The van der Waals surface area contributed by atoms with E-state index >= 15 is 0 Å². The maximum atomic E-state index is 13.8. The summed E-state index contributed by atoms with van der Waals surface area (Å²) in [4.78, 5) is 18.3. The summed E-state index contributed by atoms with van der Waals surface area (Å²) in [7, 11) is 0. The van der Waals surface area contributed by atoms with Crippen LogP contribution < -0.4 is 0 Å². The summed E-state index contributed by atoms with van der Waals surface area (Å²) in [5.74, 6) is -0.694. The van der Waals surface area contributed by atoms with Gasteiger partial charge in [-0.1, -0.05) is 12.1 Å². The third-order valence-corrected chi connectivity index (χ3v) is 3.71. The fourth-order valence-electron chi connectivity index (χ4n) is 2.73.